The van der Waals surface area contributed by atoms with Crippen LogP contribution >= 0.6 is 0 Å². The van der Waals surface area contributed by atoms with Gasteiger partial charge < -0.3 is 19.7 Å². The van der Waals surface area contributed by atoms with Gasteiger partial charge in [0, 0.05) is 44.2 Å². The number of aromatic nitrogens is 3. The van der Waals surface area contributed by atoms with E-state index in [9.17, 15) is 4.79 Å². The number of ether oxygens (including phenoxy) is 2. The summed E-state index contributed by atoms with van der Waals surface area (Å²) in [5, 5.41) is 2.81. The minimum Gasteiger partial charge on any atom is -0.354 e. The number of pyridine rings is 1. The summed E-state index contributed by atoms with van der Waals surface area (Å²) in [6.07, 6.45) is 3.26. The number of nitrogens with one attached hydrogen (secondary N) is 1. The summed E-state index contributed by atoms with van der Waals surface area (Å²) in [5.74, 6) is 1.70. The lowest BCUT2D eigenvalue weighted by molar-refractivity contribution is -0.124. The number of nitrogens with zero attached hydrogens (tertiary/aromatic N) is 4. The van der Waals surface area contributed by atoms with Crippen molar-refractivity contribution in [3.8, 4) is 16.9 Å². The van der Waals surface area contributed by atoms with E-state index in [1.165, 1.54) is 6.92 Å². The quantitative estimate of drug-likeness (QED) is 0.641. The monoisotopic (exact) mass is 435 g/mol. The van der Waals surface area contributed by atoms with Crippen molar-refractivity contribution < 1.29 is 14.3 Å². The van der Waals surface area contributed by atoms with Gasteiger partial charge >= 0.3 is 0 Å². The van der Waals surface area contributed by atoms with E-state index in [1.54, 1.807) is 7.11 Å². The number of methoxy groups -OCH3 is 1. The van der Waals surface area contributed by atoms with Crippen LogP contribution < -0.4 is 10.2 Å². The molecule has 0 saturated carbocycles. The van der Waals surface area contributed by atoms with E-state index in [-0.39, 0.29) is 12.0 Å². The molecule has 0 bridgehead atoms. The minimum absolute atomic E-state index is 0.0699. The Morgan fingerprint density at radius 1 is 1.22 bits per heavy atom. The fourth-order valence-corrected chi connectivity index (χ4v) is 4.06. The standard InChI is InChI=1S/C24H29N5O3/c1-15-10-19(20-7-9-23(26-11-20)28-13-16(2)27-17(28)3)6-8-22(15)29-14-21(12-25-18(4)30)32-24(29)31-5/h6-11,13,21,24H,12,14H2,1-5H3,(H,25,30)/t21-,24?/m0/s1. The maximum Gasteiger partial charge on any atom is 0.240 e. The predicted octanol–water partition coefficient (Wildman–Crippen LogP) is 3.13. The summed E-state index contributed by atoms with van der Waals surface area (Å²) < 4.78 is 13.5. The molecule has 4 rings (SSSR count). The van der Waals surface area contributed by atoms with Crippen LogP contribution in [0.3, 0.4) is 0 Å². The first-order valence-electron chi connectivity index (χ1n) is 10.6. The first-order valence-corrected chi connectivity index (χ1v) is 10.6. The van der Waals surface area contributed by atoms with E-state index in [0.717, 1.165) is 39.7 Å². The van der Waals surface area contributed by atoms with Crippen molar-refractivity contribution in [1.82, 2.24) is 19.9 Å². The molecular weight excluding hydrogens is 406 g/mol. The van der Waals surface area contributed by atoms with Crippen LogP contribution in [0.15, 0.2) is 42.7 Å². The SMILES string of the molecule is COC1O[C@@H](CNC(C)=O)CN1c1ccc(-c2ccc(-n3cc(C)nc3C)nc2)cc1C. The number of imidazole rings is 1. The van der Waals surface area contributed by atoms with Crippen LogP contribution in [0.4, 0.5) is 5.69 Å². The van der Waals surface area contributed by atoms with Gasteiger partial charge in [-0.05, 0) is 56.2 Å². The Morgan fingerprint density at radius 2 is 2.00 bits per heavy atom. The molecular formula is C24H29N5O3. The molecule has 2 aromatic heterocycles. The second kappa shape index (κ2) is 9.10. The summed E-state index contributed by atoms with van der Waals surface area (Å²) in [7, 11) is 1.62. The Hall–Kier alpha value is -3.23. The smallest absolute Gasteiger partial charge is 0.240 e. The van der Waals surface area contributed by atoms with Crippen molar-refractivity contribution in [2.45, 2.75) is 40.2 Å². The first-order chi connectivity index (χ1) is 15.4. The third-order valence-corrected chi connectivity index (χ3v) is 5.58. The molecule has 1 saturated heterocycles. The zero-order chi connectivity index (χ0) is 22.8. The molecule has 0 aliphatic carbocycles. The second-order valence-electron chi connectivity index (χ2n) is 8.10. The zero-order valence-electron chi connectivity index (χ0n) is 19.1. The number of amides is 1. The van der Waals surface area contributed by atoms with Gasteiger partial charge in [-0.1, -0.05) is 6.07 Å². The molecule has 2 atom stereocenters. The molecule has 0 spiro atoms. The minimum atomic E-state index is -0.485. The lowest BCUT2D eigenvalue weighted by atomic mass is 10.0. The molecule has 1 aliphatic heterocycles. The molecule has 1 aromatic carbocycles. The van der Waals surface area contributed by atoms with E-state index in [2.05, 4.69) is 51.4 Å². The highest BCUT2D eigenvalue weighted by atomic mass is 16.7. The molecule has 3 heterocycles. The average molecular weight is 436 g/mol. The lowest BCUT2D eigenvalue weighted by Gasteiger charge is -2.25. The van der Waals surface area contributed by atoms with Crippen LogP contribution in [0, 0.1) is 20.8 Å². The Morgan fingerprint density at radius 3 is 2.59 bits per heavy atom. The normalized spacial score (nSPS) is 18.2. The van der Waals surface area contributed by atoms with Gasteiger partial charge in [0.25, 0.3) is 0 Å². The molecule has 8 heteroatoms. The van der Waals surface area contributed by atoms with Gasteiger partial charge in [-0.15, -0.1) is 0 Å². The topological polar surface area (TPSA) is 81.5 Å². The number of rotatable bonds is 6. The van der Waals surface area contributed by atoms with Crippen LogP contribution in [0.1, 0.15) is 24.0 Å². The van der Waals surface area contributed by atoms with Gasteiger partial charge in [0.05, 0.1) is 18.3 Å². The molecule has 1 amide bonds. The Bertz CT molecular complexity index is 1110. The summed E-state index contributed by atoms with van der Waals surface area (Å²) in [4.78, 5) is 22.4. The molecule has 32 heavy (non-hydrogen) atoms. The molecule has 1 aliphatic rings. The maximum absolute atomic E-state index is 11.2. The molecule has 1 unspecified atom stereocenters. The maximum atomic E-state index is 11.2. The highest BCUT2D eigenvalue weighted by Gasteiger charge is 2.33. The number of benzene rings is 1. The number of hydrogen-bond donors (Lipinski definition) is 1. The fraction of sp³-hybridized carbons (Fsp3) is 0.375. The lowest BCUT2D eigenvalue weighted by Crippen LogP contribution is -2.34. The highest BCUT2D eigenvalue weighted by molar-refractivity contribution is 5.73. The fourth-order valence-electron chi connectivity index (χ4n) is 4.06. The summed E-state index contributed by atoms with van der Waals surface area (Å²) in [5.41, 5.74) is 5.26. The number of hydrogen-bond acceptors (Lipinski definition) is 6. The molecule has 3 aromatic rings. The highest BCUT2D eigenvalue weighted by Crippen LogP contribution is 2.31. The van der Waals surface area contributed by atoms with Crippen LogP contribution in [0.25, 0.3) is 16.9 Å². The van der Waals surface area contributed by atoms with Gasteiger partial charge in [-0.25, -0.2) is 9.97 Å². The summed E-state index contributed by atoms with van der Waals surface area (Å²) >= 11 is 0. The van der Waals surface area contributed by atoms with Crippen LogP contribution in [0.2, 0.25) is 0 Å². The zero-order valence-corrected chi connectivity index (χ0v) is 19.1. The van der Waals surface area contributed by atoms with Gasteiger partial charge in [0.15, 0.2) is 0 Å². The summed E-state index contributed by atoms with van der Waals surface area (Å²) in [6, 6.07) is 10.4. The largest absolute Gasteiger partial charge is 0.354 e. The van der Waals surface area contributed by atoms with Gasteiger partial charge in [-0.3, -0.25) is 9.36 Å². The van der Waals surface area contributed by atoms with Crippen molar-refractivity contribution >= 4 is 11.6 Å². The Kier molecular flexibility index (Phi) is 6.25. The molecule has 168 valence electrons. The van der Waals surface area contributed by atoms with Crippen molar-refractivity contribution in [1.29, 1.82) is 0 Å². The molecule has 8 nitrogen and oxygen atoms in total. The van der Waals surface area contributed by atoms with Crippen molar-refractivity contribution in [3.05, 3.63) is 59.8 Å². The average Bonchev–Trinajstić information content (AvgIpc) is 3.34. The third kappa shape index (κ3) is 4.51. The van der Waals surface area contributed by atoms with E-state index >= 15 is 0 Å². The van der Waals surface area contributed by atoms with E-state index < -0.39 is 6.41 Å². The van der Waals surface area contributed by atoms with Gasteiger partial charge in [0.2, 0.25) is 12.3 Å². The number of aryl methyl sites for hydroxylation is 3. The van der Waals surface area contributed by atoms with E-state index in [4.69, 9.17) is 9.47 Å². The number of carbonyl (C=O) groups is 1. The second-order valence-corrected chi connectivity index (χ2v) is 8.10. The van der Waals surface area contributed by atoms with E-state index in [1.807, 2.05) is 36.9 Å². The summed E-state index contributed by atoms with van der Waals surface area (Å²) in [6.45, 7) is 8.62. The predicted molar refractivity (Wildman–Crippen MR) is 123 cm³/mol. The molecule has 1 fully saturated rings. The van der Waals surface area contributed by atoms with Crippen molar-refractivity contribution in [2.24, 2.45) is 0 Å². The van der Waals surface area contributed by atoms with Gasteiger partial charge in [0.1, 0.15) is 11.6 Å². The molecule has 0 radical (unpaired) electrons. The Balaban J connectivity index is 1.53. The van der Waals surface area contributed by atoms with E-state index in [0.29, 0.717) is 13.1 Å². The van der Waals surface area contributed by atoms with Crippen LogP contribution in [-0.4, -0.2) is 53.2 Å². The number of carbonyl (C=O) groups excluding carboxylic acids is 1. The van der Waals surface area contributed by atoms with Gasteiger partial charge in [-0.2, -0.15) is 0 Å². The molecule has 1 N–H and O–H groups in total. The van der Waals surface area contributed by atoms with Crippen LogP contribution in [0.5, 0.6) is 0 Å². The van der Waals surface area contributed by atoms with Crippen molar-refractivity contribution in [2.75, 3.05) is 25.1 Å². The van der Waals surface area contributed by atoms with Crippen molar-refractivity contribution in [3.63, 3.8) is 0 Å². The third-order valence-electron chi connectivity index (χ3n) is 5.58. The Labute approximate surface area is 188 Å². The first kappa shape index (κ1) is 22.0. The number of anilines is 1. The van der Waals surface area contributed by atoms with Crippen LogP contribution in [-0.2, 0) is 14.3 Å².